The van der Waals surface area contributed by atoms with Gasteiger partial charge in [-0.15, -0.1) is 11.3 Å². The van der Waals surface area contributed by atoms with Crippen molar-refractivity contribution in [1.82, 2.24) is 4.57 Å². The van der Waals surface area contributed by atoms with Crippen molar-refractivity contribution in [2.45, 2.75) is 0 Å². The van der Waals surface area contributed by atoms with E-state index in [1.54, 1.807) is 4.57 Å². The molecule has 0 aliphatic rings. The zero-order valence-electron chi connectivity index (χ0n) is 4.94. The molecule has 1 heterocycles. The molecule has 1 amide bonds. The predicted molar refractivity (Wildman–Crippen MR) is 34.9 cm³/mol. The van der Waals surface area contributed by atoms with Gasteiger partial charge in [0.05, 0.1) is 0 Å². The number of hydrogen-bond donors (Lipinski definition) is 0. The number of carbonyl (C=O) groups is 1. The maximum atomic E-state index is 9.85. The first-order valence-electron chi connectivity index (χ1n) is 2.42. The third-order valence-electron chi connectivity index (χ3n) is 0.923. The molecule has 0 aromatic carbocycles. The van der Waals surface area contributed by atoms with Crippen LogP contribution in [0.4, 0.5) is 0 Å². The summed E-state index contributed by atoms with van der Waals surface area (Å²) in [5.74, 6) is 0. The average molecular weight is 142 g/mol. The van der Waals surface area contributed by atoms with E-state index >= 15 is 0 Å². The van der Waals surface area contributed by atoms with Crippen LogP contribution in [0.3, 0.4) is 0 Å². The number of nitrogens with zero attached hydrogens (tertiary/aromatic N) is 2. The standard InChI is InChI=1S/C5H6N2OS/c1-7-2-3-9-5(7)6-4-8/h2-4H,1H3. The zero-order chi connectivity index (χ0) is 6.69. The van der Waals surface area contributed by atoms with Gasteiger partial charge < -0.3 is 4.57 Å². The van der Waals surface area contributed by atoms with Gasteiger partial charge in [-0.05, 0) is 0 Å². The molecule has 9 heavy (non-hydrogen) atoms. The number of thiazole rings is 1. The number of rotatable bonds is 1. The Hall–Kier alpha value is -0.900. The molecule has 0 aliphatic carbocycles. The Kier molecular flexibility index (Phi) is 1.79. The molecule has 0 fully saturated rings. The molecule has 0 saturated heterocycles. The number of hydrogen-bond acceptors (Lipinski definition) is 2. The van der Waals surface area contributed by atoms with Crippen LogP contribution in [-0.4, -0.2) is 11.0 Å². The molecule has 0 spiro atoms. The Bertz CT molecular complexity index is 260. The van der Waals surface area contributed by atoms with Crippen LogP contribution in [-0.2, 0) is 11.8 Å². The van der Waals surface area contributed by atoms with E-state index in [2.05, 4.69) is 4.99 Å². The molecular weight excluding hydrogens is 136 g/mol. The van der Waals surface area contributed by atoms with Gasteiger partial charge in [-0.25, -0.2) is 0 Å². The summed E-state index contributed by atoms with van der Waals surface area (Å²) >= 11 is 1.44. The van der Waals surface area contributed by atoms with E-state index in [9.17, 15) is 4.79 Å². The average Bonchev–Trinajstić information content (AvgIpc) is 2.18. The Balaban J connectivity index is 3.22. The van der Waals surface area contributed by atoms with E-state index < -0.39 is 0 Å². The van der Waals surface area contributed by atoms with E-state index in [0.29, 0.717) is 6.41 Å². The summed E-state index contributed by atoms with van der Waals surface area (Å²) in [6, 6.07) is 0. The Labute approximate surface area is 56.3 Å². The van der Waals surface area contributed by atoms with Crippen molar-refractivity contribution in [3.63, 3.8) is 0 Å². The third-order valence-corrected chi connectivity index (χ3v) is 1.78. The summed E-state index contributed by atoms with van der Waals surface area (Å²) in [6.45, 7) is 0. The fourth-order valence-corrected chi connectivity index (χ4v) is 1.19. The largest absolute Gasteiger partial charge is 0.327 e. The normalized spacial score (nSPS) is 11.9. The highest BCUT2D eigenvalue weighted by atomic mass is 32.1. The Morgan fingerprint density at radius 2 is 2.67 bits per heavy atom. The molecule has 0 N–H and O–H groups in total. The molecular formula is C5H6N2OS. The SMILES string of the molecule is Cn1ccsc1=NC=O. The highest BCUT2D eigenvalue weighted by Crippen LogP contribution is 1.83. The first kappa shape index (κ1) is 6.22. The van der Waals surface area contributed by atoms with Crippen LogP contribution < -0.4 is 4.80 Å². The first-order valence-corrected chi connectivity index (χ1v) is 3.30. The van der Waals surface area contributed by atoms with Gasteiger partial charge in [0, 0.05) is 18.6 Å². The molecule has 48 valence electrons. The lowest BCUT2D eigenvalue weighted by Crippen LogP contribution is -2.08. The van der Waals surface area contributed by atoms with E-state index in [1.165, 1.54) is 11.3 Å². The maximum Gasteiger partial charge on any atom is 0.235 e. The van der Waals surface area contributed by atoms with Gasteiger partial charge in [0.2, 0.25) is 6.41 Å². The highest BCUT2D eigenvalue weighted by Gasteiger charge is 1.83. The summed E-state index contributed by atoms with van der Waals surface area (Å²) in [5.41, 5.74) is 0. The molecule has 1 aromatic rings. The molecule has 0 saturated carbocycles. The second-order valence-electron chi connectivity index (χ2n) is 1.53. The molecule has 1 aromatic heterocycles. The van der Waals surface area contributed by atoms with Crippen molar-refractivity contribution >= 4 is 17.7 Å². The quantitative estimate of drug-likeness (QED) is 0.514. The highest BCUT2D eigenvalue weighted by molar-refractivity contribution is 7.07. The molecule has 4 heteroatoms. The van der Waals surface area contributed by atoms with Crippen LogP contribution in [0.5, 0.6) is 0 Å². The van der Waals surface area contributed by atoms with Crippen molar-refractivity contribution < 1.29 is 4.79 Å². The predicted octanol–water partition coefficient (Wildman–Crippen LogP) is 0.144. The smallest absolute Gasteiger partial charge is 0.235 e. The summed E-state index contributed by atoms with van der Waals surface area (Å²) < 4.78 is 1.79. The topological polar surface area (TPSA) is 34.4 Å². The van der Waals surface area contributed by atoms with Gasteiger partial charge in [-0.2, -0.15) is 4.99 Å². The van der Waals surface area contributed by atoms with Crippen molar-refractivity contribution in [3.05, 3.63) is 16.4 Å². The van der Waals surface area contributed by atoms with Gasteiger partial charge in [-0.3, -0.25) is 4.79 Å². The fraction of sp³-hybridized carbons (Fsp3) is 0.200. The second kappa shape index (κ2) is 2.59. The van der Waals surface area contributed by atoms with Crippen LogP contribution in [0.1, 0.15) is 0 Å². The van der Waals surface area contributed by atoms with Gasteiger partial charge in [-0.1, -0.05) is 0 Å². The summed E-state index contributed by atoms with van der Waals surface area (Å²) in [6.07, 6.45) is 2.40. The van der Waals surface area contributed by atoms with Gasteiger partial charge >= 0.3 is 0 Å². The summed E-state index contributed by atoms with van der Waals surface area (Å²) in [7, 11) is 1.85. The number of aromatic nitrogens is 1. The van der Waals surface area contributed by atoms with Crippen LogP contribution in [0.15, 0.2) is 16.6 Å². The lowest BCUT2D eigenvalue weighted by Gasteiger charge is -1.82. The van der Waals surface area contributed by atoms with Crippen molar-refractivity contribution in [2.24, 2.45) is 12.0 Å². The minimum Gasteiger partial charge on any atom is -0.327 e. The molecule has 0 bridgehead atoms. The number of carbonyl (C=O) groups excluding carboxylic acids is 1. The molecule has 3 nitrogen and oxygen atoms in total. The van der Waals surface area contributed by atoms with Gasteiger partial charge in [0.1, 0.15) is 0 Å². The van der Waals surface area contributed by atoms with Crippen LogP contribution in [0.25, 0.3) is 0 Å². The lowest BCUT2D eigenvalue weighted by molar-refractivity contribution is -0.107. The van der Waals surface area contributed by atoms with E-state index in [-0.39, 0.29) is 0 Å². The van der Waals surface area contributed by atoms with Crippen molar-refractivity contribution in [1.29, 1.82) is 0 Å². The Morgan fingerprint density at radius 1 is 1.89 bits per heavy atom. The van der Waals surface area contributed by atoms with Crippen molar-refractivity contribution in [3.8, 4) is 0 Å². The first-order chi connectivity index (χ1) is 4.34. The van der Waals surface area contributed by atoms with E-state index in [4.69, 9.17) is 0 Å². The second-order valence-corrected chi connectivity index (χ2v) is 2.40. The number of aryl methyl sites for hydroxylation is 1. The minimum atomic E-state index is 0.547. The molecule has 0 radical (unpaired) electrons. The van der Waals surface area contributed by atoms with E-state index in [0.717, 1.165) is 4.80 Å². The maximum absolute atomic E-state index is 9.85. The number of amides is 1. The molecule has 0 unspecified atom stereocenters. The third kappa shape index (κ3) is 1.26. The summed E-state index contributed by atoms with van der Waals surface area (Å²) in [4.78, 5) is 14.1. The molecule has 0 atom stereocenters. The molecule has 1 rings (SSSR count). The monoisotopic (exact) mass is 142 g/mol. The Morgan fingerprint density at radius 3 is 3.11 bits per heavy atom. The van der Waals surface area contributed by atoms with Gasteiger partial charge in [0.25, 0.3) is 0 Å². The summed E-state index contributed by atoms with van der Waals surface area (Å²) in [5, 5.41) is 1.88. The van der Waals surface area contributed by atoms with Crippen LogP contribution >= 0.6 is 11.3 Å². The van der Waals surface area contributed by atoms with Gasteiger partial charge in [0.15, 0.2) is 4.80 Å². The molecule has 0 aliphatic heterocycles. The van der Waals surface area contributed by atoms with E-state index in [1.807, 2.05) is 18.6 Å². The minimum absolute atomic E-state index is 0.547. The van der Waals surface area contributed by atoms with Crippen molar-refractivity contribution in [2.75, 3.05) is 0 Å². The lowest BCUT2D eigenvalue weighted by atomic mass is 10.9. The fourth-order valence-electron chi connectivity index (χ4n) is 0.496. The van der Waals surface area contributed by atoms with Crippen LogP contribution in [0, 0.1) is 0 Å². The zero-order valence-corrected chi connectivity index (χ0v) is 5.76. The van der Waals surface area contributed by atoms with Crippen LogP contribution in [0.2, 0.25) is 0 Å².